The first kappa shape index (κ1) is 16.5. The quantitative estimate of drug-likeness (QED) is 0.821. The largest absolute Gasteiger partial charge is 0.511 e. The summed E-state index contributed by atoms with van der Waals surface area (Å²) in [5, 5.41) is 0. The Bertz CT molecular complexity index is 567. The lowest BCUT2D eigenvalue weighted by molar-refractivity contribution is -0.0449. The number of hydrogen-bond donors (Lipinski definition) is 1. The average molecular weight is 305 g/mol. The molecule has 0 fully saturated rings. The van der Waals surface area contributed by atoms with Gasteiger partial charge in [-0.15, -0.1) is 13.2 Å². The molecule has 2 unspecified atom stereocenters. The third kappa shape index (κ3) is 3.71. The van der Waals surface area contributed by atoms with Crippen molar-refractivity contribution < 1.29 is 21.6 Å². The first-order chi connectivity index (χ1) is 9.23. The van der Waals surface area contributed by atoms with E-state index in [1.54, 1.807) is 35.1 Å². The Morgan fingerprint density at radius 3 is 2.05 bits per heavy atom. The molecule has 0 aliphatic rings. The molecule has 0 aromatic heterocycles. The summed E-state index contributed by atoms with van der Waals surface area (Å²) in [5.74, 6) is -0.647. The number of halogens is 3. The fourth-order valence-electron chi connectivity index (χ4n) is 1.68. The zero-order valence-electron chi connectivity index (χ0n) is 10.5. The van der Waals surface area contributed by atoms with Gasteiger partial charge >= 0.3 is 15.5 Å². The summed E-state index contributed by atoms with van der Waals surface area (Å²) in [4.78, 5) is 0. The minimum absolute atomic E-state index is 0.636. The van der Waals surface area contributed by atoms with E-state index in [2.05, 4.69) is 13.2 Å². The maximum absolute atomic E-state index is 12.4. The summed E-state index contributed by atoms with van der Waals surface area (Å²) in [6, 6.07) is 7.35. The highest BCUT2D eigenvalue weighted by Gasteiger charge is 2.47. The summed E-state index contributed by atoms with van der Waals surface area (Å²) >= 11 is 0. The number of alkyl halides is 3. The van der Waals surface area contributed by atoms with Crippen molar-refractivity contribution in [2.75, 3.05) is 0 Å². The monoisotopic (exact) mass is 305 g/mol. The minimum atomic E-state index is -5.44. The van der Waals surface area contributed by atoms with E-state index < -0.39 is 27.5 Å². The van der Waals surface area contributed by atoms with E-state index in [0.717, 1.165) is 6.08 Å². The second-order valence-corrected chi connectivity index (χ2v) is 5.71. The Kier molecular flexibility index (Phi) is 5.13. The Hall–Kier alpha value is -1.60. The standard InChI is InChI=1S/C13H14F3NO2S/c1-3-11(10-8-6-5-7-9-10)12(4-2)17-20(18,19)13(14,15)16/h3-9,11-12,17H,1-2H2. The lowest BCUT2D eigenvalue weighted by Gasteiger charge is -2.23. The van der Waals surface area contributed by atoms with Gasteiger partial charge in [-0.3, -0.25) is 0 Å². The van der Waals surface area contributed by atoms with Crippen LogP contribution in [-0.2, 0) is 10.0 Å². The van der Waals surface area contributed by atoms with Crippen molar-refractivity contribution in [3.05, 3.63) is 61.2 Å². The molecule has 7 heteroatoms. The minimum Gasteiger partial charge on any atom is -0.203 e. The molecular formula is C13H14F3NO2S. The molecule has 0 aliphatic heterocycles. The smallest absolute Gasteiger partial charge is 0.203 e. The summed E-state index contributed by atoms with van der Waals surface area (Å²) in [6.07, 6.45) is 2.49. The van der Waals surface area contributed by atoms with E-state index in [1.165, 1.54) is 6.08 Å². The predicted molar refractivity (Wildman–Crippen MR) is 71.5 cm³/mol. The molecule has 1 N–H and O–H groups in total. The molecular weight excluding hydrogens is 291 g/mol. The maximum atomic E-state index is 12.4. The molecule has 0 spiro atoms. The second kappa shape index (κ2) is 6.23. The molecule has 0 radical (unpaired) electrons. The maximum Gasteiger partial charge on any atom is 0.511 e. The summed E-state index contributed by atoms with van der Waals surface area (Å²) in [7, 11) is -5.44. The molecule has 110 valence electrons. The van der Waals surface area contributed by atoms with Crippen molar-refractivity contribution in [3.63, 3.8) is 0 Å². The molecule has 2 atom stereocenters. The van der Waals surface area contributed by atoms with Crippen LogP contribution in [0.1, 0.15) is 11.5 Å². The molecule has 0 bridgehead atoms. The zero-order chi connectivity index (χ0) is 15.4. The number of sulfonamides is 1. The van der Waals surface area contributed by atoms with Crippen molar-refractivity contribution >= 4 is 10.0 Å². The lowest BCUT2D eigenvalue weighted by Crippen LogP contribution is -2.44. The van der Waals surface area contributed by atoms with Gasteiger partial charge in [0.25, 0.3) is 0 Å². The van der Waals surface area contributed by atoms with Crippen LogP contribution in [0.3, 0.4) is 0 Å². The van der Waals surface area contributed by atoms with Gasteiger partial charge in [-0.1, -0.05) is 42.5 Å². The highest BCUT2D eigenvalue weighted by Crippen LogP contribution is 2.26. The van der Waals surface area contributed by atoms with E-state index in [9.17, 15) is 21.6 Å². The van der Waals surface area contributed by atoms with Crippen LogP contribution in [0.25, 0.3) is 0 Å². The second-order valence-electron chi connectivity index (χ2n) is 4.00. The van der Waals surface area contributed by atoms with Crippen molar-refractivity contribution in [2.45, 2.75) is 17.5 Å². The molecule has 0 aliphatic carbocycles. The van der Waals surface area contributed by atoms with Crippen molar-refractivity contribution in [2.24, 2.45) is 0 Å². The summed E-state index contributed by atoms with van der Waals surface area (Å²) < 4.78 is 61.1. The normalized spacial score (nSPS) is 15.3. The molecule has 20 heavy (non-hydrogen) atoms. The van der Waals surface area contributed by atoms with E-state index in [4.69, 9.17) is 0 Å². The molecule has 3 nitrogen and oxygen atoms in total. The van der Waals surface area contributed by atoms with E-state index in [0.29, 0.717) is 5.56 Å². The van der Waals surface area contributed by atoms with Crippen molar-refractivity contribution in [1.29, 1.82) is 0 Å². The SMILES string of the molecule is C=CC(NS(=O)(=O)C(F)(F)F)C(C=C)c1ccccc1. The fourth-order valence-corrected chi connectivity index (χ4v) is 2.41. The summed E-state index contributed by atoms with van der Waals surface area (Å²) in [6.45, 7) is 6.91. The first-order valence-electron chi connectivity index (χ1n) is 5.61. The molecule has 1 aromatic carbocycles. The Labute approximate surface area is 115 Å². The molecule has 0 amide bonds. The van der Waals surface area contributed by atoms with E-state index >= 15 is 0 Å². The molecule has 0 saturated carbocycles. The van der Waals surface area contributed by atoms with Gasteiger partial charge in [-0.2, -0.15) is 17.9 Å². The Morgan fingerprint density at radius 2 is 1.65 bits per heavy atom. The predicted octanol–water partition coefficient (Wildman–Crippen LogP) is 2.95. The summed E-state index contributed by atoms with van der Waals surface area (Å²) in [5.41, 5.74) is -4.73. The molecule has 1 rings (SSSR count). The fraction of sp³-hybridized carbons (Fsp3) is 0.231. The van der Waals surface area contributed by atoms with Gasteiger partial charge < -0.3 is 0 Å². The van der Waals surface area contributed by atoms with E-state index in [-0.39, 0.29) is 0 Å². The number of benzene rings is 1. The average Bonchev–Trinajstić information content (AvgIpc) is 2.38. The molecule has 0 heterocycles. The number of nitrogens with one attached hydrogen (secondary N) is 1. The van der Waals surface area contributed by atoms with Gasteiger partial charge in [0.2, 0.25) is 0 Å². The van der Waals surface area contributed by atoms with Crippen LogP contribution in [0.4, 0.5) is 13.2 Å². The van der Waals surface area contributed by atoms with Gasteiger partial charge in [0, 0.05) is 5.92 Å². The van der Waals surface area contributed by atoms with Gasteiger partial charge in [0.1, 0.15) is 0 Å². The highest BCUT2D eigenvalue weighted by molar-refractivity contribution is 7.90. The third-order valence-corrected chi connectivity index (χ3v) is 3.87. The van der Waals surface area contributed by atoms with Gasteiger partial charge in [-0.05, 0) is 5.56 Å². The van der Waals surface area contributed by atoms with Crippen LogP contribution in [0.2, 0.25) is 0 Å². The van der Waals surface area contributed by atoms with Gasteiger partial charge in [-0.25, -0.2) is 8.42 Å². The van der Waals surface area contributed by atoms with Gasteiger partial charge in [0.05, 0.1) is 6.04 Å². The topological polar surface area (TPSA) is 46.2 Å². The first-order valence-corrected chi connectivity index (χ1v) is 7.10. The molecule has 1 aromatic rings. The zero-order valence-corrected chi connectivity index (χ0v) is 11.3. The van der Waals surface area contributed by atoms with Crippen LogP contribution >= 0.6 is 0 Å². The molecule has 0 saturated heterocycles. The van der Waals surface area contributed by atoms with Crippen molar-refractivity contribution in [1.82, 2.24) is 4.72 Å². The van der Waals surface area contributed by atoms with Crippen molar-refractivity contribution in [3.8, 4) is 0 Å². The van der Waals surface area contributed by atoms with Gasteiger partial charge in [0.15, 0.2) is 0 Å². The Morgan fingerprint density at radius 1 is 1.10 bits per heavy atom. The van der Waals surface area contributed by atoms with Crippen LogP contribution in [0.15, 0.2) is 55.6 Å². The Balaban J connectivity index is 3.07. The lowest BCUT2D eigenvalue weighted by atomic mass is 9.92. The van der Waals surface area contributed by atoms with Crippen LogP contribution in [-0.4, -0.2) is 20.0 Å². The highest BCUT2D eigenvalue weighted by atomic mass is 32.2. The number of hydrogen-bond acceptors (Lipinski definition) is 2. The number of rotatable bonds is 6. The van der Waals surface area contributed by atoms with Crippen LogP contribution < -0.4 is 4.72 Å². The third-order valence-electron chi connectivity index (χ3n) is 2.68. The van der Waals surface area contributed by atoms with Crippen LogP contribution in [0, 0.1) is 0 Å². The van der Waals surface area contributed by atoms with E-state index in [1.807, 2.05) is 0 Å². The van der Waals surface area contributed by atoms with Crippen LogP contribution in [0.5, 0.6) is 0 Å².